The van der Waals surface area contributed by atoms with Crippen LogP contribution in [0.4, 0.5) is 5.69 Å². The summed E-state index contributed by atoms with van der Waals surface area (Å²) in [6, 6.07) is 10.2. The number of nitrogens with zero attached hydrogens (tertiary/aromatic N) is 3. The third-order valence-corrected chi connectivity index (χ3v) is 6.46. The minimum absolute atomic E-state index is 0.235. The van der Waals surface area contributed by atoms with Gasteiger partial charge in [-0.05, 0) is 37.2 Å². The van der Waals surface area contributed by atoms with Gasteiger partial charge in [0, 0.05) is 25.7 Å². The summed E-state index contributed by atoms with van der Waals surface area (Å²) in [5.41, 5.74) is 1.45. The lowest BCUT2D eigenvalue weighted by Crippen LogP contribution is -2.41. The van der Waals surface area contributed by atoms with Crippen LogP contribution in [0.15, 0.2) is 41.3 Å². The van der Waals surface area contributed by atoms with Gasteiger partial charge in [-0.15, -0.1) is 0 Å². The highest BCUT2D eigenvalue weighted by atomic mass is 35.5. The van der Waals surface area contributed by atoms with Crippen molar-refractivity contribution in [2.75, 3.05) is 25.0 Å². The molecule has 1 aliphatic heterocycles. The predicted molar refractivity (Wildman–Crippen MR) is 114 cm³/mol. The molecule has 5 nitrogen and oxygen atoms in total. The highest BCUT2D eigenvalue weighted by Gasteiger charge is 2.24. The molecule has 0 unspecified atom stereocenters. The molecule has 1 aromatic heterocycles. The van der Waals surface area contributed by atoms with E-state index in [1.54, 1.807) is 6.20 Å². The summed E-state index contributed by atoms with van der Waals surface area (Å²) in [5, 5.41) is 8.03. The maximum atomic E-state index is 12.6. The number of rotatable bonds is 6. The number of anilines is 1. The zero-order chi connectivity index (χ0) is 19.3. The van der Waals surface area contributed by atoms with Gasteiger partial charge in [-0.2, -0.15) is 5.10 Å². The van der Waals surface area contributed by atoms with E-state index >= 15 is 0 Å². The van der Waals surface area contributed by atoms with E-state index < -0.39 is 0 Å². The molecule has 0 bridgehead atoms. The monoisotopic (exact) mass is 400 g/mol. The number of halogens is 1. The second-order valence-corrected chi connectivity index (χ2v) is 8.57. The van der Waals surface area contributed by atoms with Crippen LogP contribution in [-0.2, 0) is 6.54 Å². The molecule has 1 aliphatic carbocycles. The Morgan fingerprint density at radius 3 is 2.50 bits per heavy atom. The Morgan fingerprint density at radius 2 is 1.79 bits per heavy atom. The van der Waals surface area contributed by atoms with E-state index in [-0.39, 0.29) is 10.6 Å². The minimum Gasteiger partial charge on any atom is -0.380 e. The molecule has 2 fully saturated rings. The standard InChI is InChI=1S/C22H29ClN4O/c23-21-20(14-24-27(22(21)28)16-18-6-2-1-3-7-18)25-19-10-12-26(13-11-19)15-17-8-4-5-9-17/h1-3,6-7,14,17,19,25H,4-5,8-13,15-16H2. The molecule has 2 aliphatic rings. The molecule has 1 saturated heterocycles. The van der Waals surface area contributed by atoms with Crippen molar-refractivity contribution in [1.29, 1.82) is 0 Å². The Labute approximate surface area is 171 Å². The molecule has 28 heavy (non-hydrogen) atoms. The lowest BCUT2D eigenvalue weighted by molar-refractivity contribution is 0.189. The van der Waals surface area contributed by atoms with E-state index in [1.165, 1.54) is 36.9 Å². The number of hydrogen-bond donors (Lipinski definition) is 1. The molecule has 6 heteroatoms. The molecule has 0 spiro atoms. The average Bonchev–Trinajstić information content (AvgIpc) is 3.23. The van der Waals surface area contributed by atoms with Crippen molar-refractivity contribution < 1.29 is 0 Å². The maximum Gasteiger partial charge on any atom is 0.287 e. The van der Waals surface area contributed by atoms with E-state index in [9.17, 15) is 4.79 Å². The van der Waals surface area contributed by atoms with Gasteiger partial charge in [0.25, 0.3) is 5.56 Å². The van der Waals surface area contributed by atoms with Crippen LogP contribution >= 0.6 is 11.6 Å². The fraction of sp³-hybridized carbons (Fsp3) is 0.545. The highest BCUT2D eigenvalue weighted by Crippen LogP contribution is 2.27. The van der Waals surface area contributed by atoms with Crippen molar-refractivity contribution in [2.24, 2.45) is 5.92 Å². The number of aromatic nitrogens is 2. The lowest BCUT2D eigenvalue weighted by Gasteiger charge is -2.34. The fourth-order valence-corrected chi connectivity index (χ4v) is 4.67. The van der Waals surface area contributed by atoms with Gasteiger partial charge in [0.05, 0.1) is 18.4 Å². The second kappa shape index (κ2) is 9.10. The van der Waals surface area contributed by atoms with Gasteiger partial charge in [-0.1, -0.05) is 54.8 Å². The van der Waals surface area contributed by atoms with Crippen LogP contribution in [0.5, 0.6) is 0 Å². The zero-order valence-electron chi connectivity index (χ0n) is 16.3. The van der Waals surface area contributed by atoms with Crippen LogP contribution in [-0.4, -0.2) is 40.4 Å². The molecule has 1 aromatic carbocycles. The summed E-state index contributed by atoms with van der Waals surface area (Å²) < 4.78 is 1.42. The zero-order valence-corrected chi connectivity index (χ0v) is 17.1. The maximum absolute atomic E-state index is 12.6. The molecular formula is C22H29ClN4O. The molecule has 2 aromatic rings. The third-order valence-electron chi connectivity index (χ3n) is 6.10. The topological polar surface area (TPSA) is 50.2 Å². The third kappa shape index (κ3) is 4.76. The summed E-state index contributed by atoms with van der Waals surface area (Å²) in [6.07, 6.45) is 9.47. The summed E-state index contributed by atoms with van der Waals surface area (Å²) in [4.78, 5) is 15.2. The van der Waals surface area contributed by atoms with Crippen LogP contribution in [0, 0.1) is 5.92 Å². The summed E-state index contributed by atoms with van der Waals surface area (Å²) in [6.45, 7) is 3.92. The first-order valence-corrected chi connectivity index (χ1v) is 10.9. The molecule has 150 valence electrons. The first-order chi connectivity index (χ1) is 13.7. The Kier molecular flexibility index (Phi) is 6.33. The van der Waals surface area contributed by atoms with E-state index in [1.807, 2.05) is 30.3 Å². The fourth-order valence-electron chi connectivity index (χ4n) is 4.47. The second-order valence-electron chi connectivity index (χ2n) is 8.19. The van der Waals surface area contributed by atoms with Gasteiger partial charge in [-0.3, -0.25) is 4.79 Å². The number of hydrogen-bond acceptors (Lipinski definition) is 4. The van der Waals surface area contributed by atoms with Crippen molar-refractivity contribution in [3.63, 3.8) is 0 Å². The van der Waals surface area contributed by atoms with E-state index in [4.69, 9.17) is 11.6 Å². The SMILES string of the molecule is O=c1c(Cl)c(NC2CCN(CC3CCCC3)CC2)cnn1Cc1ccccc1. The number of benzene rings is 1. The van der Waals surface area contributed by atoms with E-state index in [0.29, 0.717) is 18.3 Å². The Morgan fingerprint density at radius 1 is 1.07 bits per heavy atom. The molecule has 0 atom stereocenters. The smallest absolute Gasteiger partial charge is 0.287 e. The normalized spacial score (nSPS) is 19.2. The van der Waals surface area contributed by atoms with Gasteiger partial charge >= 0.3 is 0 Å². The average molecular weight is 401 g/mol. The van der Waals surface area contributed by atoms with Crippen molar-refractivity contribution in [1.82, 2.24) is 14.7 Å². The van der Waals surface area contributed by atoms with Gasteiger partial charge in [-0.25, -0.2) is 4.68 Å². The first-order valence-electron chi connectivity index (χ1n) is 10.5. The van der Waals surface area contributed by atoms with Gasteiger partial charge < -0.3 is 10.2 Å². The molecule has 0 amide bonds. The van der Waals surface area contributed by atoms with Gasteiger partial charge in [0.15, 0.2) is 0 Å². The number of likely N-dealkylation sites (tertiary alicyclic amines) is 1. The number of nitrogens with one attached hydrogen (secondary N) is 1. The minimum atomic E-state index is -0.241. The van der Waals surface area contributed by atoms with Gasteiger partial charge in [0.2, 0.25) is 0 Å². The van der Waals surface area contributed by atoms with E-state index in [2.05, 4.69) is 15.3 Å². The highest BCUT2D eigenvalue weighted by molar-refractivity contribution is 6.32. The number of piperidine rings is 1. The quantitative estimate of drug-likeness (QED) is 0.795. The molecule has 0 radical (unpaired) electrons. The summed E-state index contributed by atoms with van der Waals surface area (Å²) in [5.74, 6) is 0.903. The summed E-state index contributed by atoms with van der Waals surface area (Å²) >= 11 is 6.38. The van der Waals surface area contributed by atoms with Crippen molar-refractivity contribution in [3.8, 4) is 0 Å². The van der Waals surface area contributed by atoms with Crippen molar-refractivity contribution >= 4 is 17.3 Å². The molecule has 2 heterocycles. The summed E-state index contributed by atoms with van der Waals surface area (Å²) in [7, 11) is 0. The van der Waals surface area contributed by atoms with Crippen LogP contribution in [0.25, 0.3) is 0 Å². The van der Waals surface area contributed by atoms with Crippen LogP contribution < -0.4 is 10.9 Å². The predicted octanol–water partition coefficient (Wildman–Crippen LogP) is 4.01. The van der Waals surface area contributed by atoms with E-state index in [0.717, 1.165) is 37.4 Å². The van der Waals surface area contributed by atoms with Crippen LogP contribution in [0.1, 0.15) is 44.1 Å². The van der Waals surface area contributed by atoms with Gasteiger partial charge in [0.1, 0.15) is 5.02 Å². The largest absolute Gasteiger partial charge is 0.380 e. The van der Waals surface area contributed by atoms with Crippen LogP contribution in [0.3, 0.4) is 0 Å². The molecule has 1 saturated carbocycles. The molecular weight excluding hydrogens is 372 g/mol. The van der Waals surface area contributed by atoms with Crippen LogP contribution in [0.2, 0.25) is 5.02 Å². The molecule has 4 rings (SSSR count). The Balaban J connectivity index is 1.33. The first kappa shape index (κ1) is 19.5. The van der Waals surface area contributed by atoms with Crippen molar-refractivity contribution in [3.05, 3.63) is 57.5 Å². The molecule has 1 N–H and O–H groups in total. The van der Waals surface area contributed by atoms with Crippen molar-refractivity contribution in [2.45, 2.75) is 51.1 Å². The Bertz CT molecular complexity index is 824. The lowest BCUT2D eigenvalue weighted by atomic mass is 10.0. The Hall–Kier alpha value is -1.85.